The minimum absolute atomic E-state index is 0.0769. The summed E-state index contributed by atoms with van der Waals surface area (Å²) < 4.78 is 10.3. The van der Waals surface area contributed by atoms with E-state index in [-0.39, 0.29) is 12.5 Å². The summed E-state index contributed by atoms with van der Waals surface area (Å²) in [6, 6.07) is 0. The molecule has 0 saturated carbocycles. The van der Waals surface area contributed by atoms with Gasteiger partial charge in [-0.2, -0.15) is 0 Å². The van der Waals surface area contributed by atoms with E-state index in [4.69, 9.17) is 9.47 Å². The summed E-state index contributed by atoms with van der Waals surface area (Å²) in [5.74, 6) is 0.0769. The van der Waals surface area contributed by atoms with Gasteiger partial charge in [0.05, 0.1) is 13.2 Å². The van der Waals surface area contributed by atoms with E-state index in [1.807, 2.05) is 11.8 Å². The third-order valence-electron chi connectivity index (χ3n) is 2.27. The van der Waals surface area contributed by atoms with Crippen LogP contribution in [0.3, 0.4) is 0 Å². The average molecular weight is 216 g/mol. The minimum Gasteiger partial charge on any atom is -0.379 e. The van der Waals surface area contributed by atoms with Crippen LogP contribution in [0.1, 0.15) is 6.92 Å². The van der Waals surface area contributed by atoms with Crippen molar-refractivity contribution in [3.05, 3.63) is 0 Å². The zero-order valence-electron chi connectivity index (χ0n) is 9.33. The highest BCUT2D eigenvalue weighted by molar-refractivity contribution is 5.77. The van der Waals surface area contributed by atoms with Crippen molar-refractivity contribution >= 4 is 5.91 Å². The summed E-state index contributed by atoms with van der Waals surface area (Å²) in [5.41, 5.74) is 0. The largest absolute Gasteiger partial charge is 0.379 e. The summed E-state index contributed by atoms with van der Waals surface area (Å²) in [4.78, 5) is 13.4. The van der Waals surface area contributed by atoms with Crippen molar-refractivity contribution in [2.24, 2.45) is 0 Å². The molecule has 1 aliphatic heterocycles. The molecule has 0 bridgehead atoms. The van der Waals surface area contributed by atoms with Crippen LogP contribution in [0.5, 0.6) is 0 Å². The van der Waals surface area contributed by atoms with Crippen LogP contribution in [0, 0.1) is 0 Å². The van der Waals surface area contributed by atoms with Crippen LogP contribution >= 0.6 is 0 Å². The van der Waals surface area contributed by atoms with Crippen LogP contribution in [0.4, 0.5) is 0 Å². The third kappa shape index (κ3) is 5.11. The van der Waals surface area contributed by atoms with Gasteiger partial charge in [0.15, 0.2) is 0 Å². The molecule has 1 amide bonds. The predicted molar refractivity (Wildman–Crippen MR) is 56.8 cm³/mol. The van der Waals surface area contributed by atoms with Crippen LogP contribution < -0.4 is 5.32 Å². The van der Waals surface area contributed by atoms with E-state index in [0.29, 0.717) is 19.8 Å². The highest BCUT2D eigenvalue weighted by atomic mass is 16.5. The standard InChI is InChI=1S/C10H20N2O3/c1-2-14-7-8-15-9-10(13)12-5-3-11-4-6-12/h11H,2-9H2,1H3. The Morgan fingerprint density at radius 2 is 1.93 bits per heavy atom. The quantitative estimate of drug-likeness (QED) is 0.607. The molecule has 0 aromatic carbocycles. The highest BCUT2D eigenvalue weighted by Gasteiger charge is 2.15. The average Bonchev–Trinajstić information content (AvgIpc) is 2.30. The molecule has 0 atom stereocenters. The molecule has 88 valence electrons. The summed E-state index contributed by atoms with van der Waals surface area (Å²) in [6.45, 7) is 7.18. The first-order chi connectivity index (χ1) is 7.34. The van der Waals surface area contributed by atoms with Gasteiger partial charge in [0.25, 0.3) is 0 Å². The van der Waals surface area contributed by atoms with Crippen molar-refractivity contribution in [2.45, 2.75) is 6.92 Å². The molecule has 1 fully saturated rings. The Kier molecular flexibility index (Phi) is 6.31. The molecular formula is C10H20N2O3. The van der Waals surface area contributed by atoms with Gasteiger partial charge in [-0.3, -0.25) is 4.79 Å². The number of carbonyl (C=O) groups is 1. The molecule has 1 N–H and O–H groups in total. The first kappa shape index (κ1) is 12.4. The Labute approximate surface area is 90.7 Å². The molecule has 0 aromatic heterocycles. The van der Waals surface area contributed by atoms with E-state index in [1.54, 1.807) is 0 Å². The highest BCUT2D eigenvalue weighted by Crippen LogP contribution is 1.93. The topological polar surface area (TPSA) is 50.8 Å². The molecule has 5 nitrogen and oxygen atoms in total. The lowest BCUT2D eigenvalue weighted by atomic mass is 10.3. The Morgan fingerprint density at radius 1 is 1.27 bits per heavy atom. The van der Waals surface area contributed by atoms with Crippen molar-refractivity contribution in [3.8, 4) is 0 Å². The summed E-state index contributed by atoms with van der Waals surface area (Å²) >= 11 is 0. The van der Waals surface area contributed by atoms with Gasteiger partial charge in [-0.1, -0.05) is 0 Å². The lowest BCUT2D eigenvalue weighted by Gasteiger charge is -2.27. The molecule has 1 heterocycles. The number of amides is 1. The first-order valence-electron chi connectivity index (χ1n) is 5.48. The van der Waals surface area contributed by atoms with E-state index in [1.165, 1.54) is 0 Å². The van der Waals surface area contributed by atoms with Crippen LogP contribution in [0.15, 0.2) is 0 Å². The first-order valence-corrected chi connectivity index (χ1v) is 5.48. The van der Waals surface area contributed by atoms with E-state index in [0.717, 1.165) is 26.2 Å². The predicted octanol–water partition coefficient (Wildman–Crippen LogP) is -0.529. The molecule has 15 heavy (non-hydrogen) atoms. The van der Waals surface area contributed by atoms with Crippen molar-refractivity contribution in [3.63, 3.8) is 0 Å². The van der Waals surface area contributed by atoms with Crippen LogP contribution in [-0.4, -0.2) is 63.4 Å². The molecule has 0 aliphatic carbocycles. The van der Waals surface area contributed by atoms with E-state index < -0.39 is 0 Å². The second-order valence-corrected chi connectivity index (χ2v) is 3.38. The van der Waals surface area contributed by atoms with Crippen LogP contribution in [-0.2, 0) is 14.3 Å². The Hall–Kier alpha value is -0.650. The molecule has 1 aliphatic rings. The van der Waals surface area contributed by atoms with Crippen molar-refractivity contribution < 1.29 is 14.3 Å². The Morgan fingerprint density at radius 3 is 2.60 bits per heavy atom. The van der Waals surface area contributed by atoms with E-state index >= 15 is 0 Å². The van der Waals surface area contributed by atoms with Gasteiger partial charge < -0.3 is 19.7 Å². The van der Waals surface area contributed by atoms with Gasteiger partial charge >= 0.3 is 0 Å². The van der Waals surface area contributed by atoms with Gasteiger partial charge in [-0.15, -0.1) is 0 Å². The fourth-order valence-electron chi connectivity index (χ4n) is 1.43. The number of piperazine rings is 1. The smallest absolute Gasteiger partial charge is 0.248 e. The van der Waals surface area contributed by atoms with Crippen molar-refractivity contribution in [2.75, 3.05) is 52.6 Å². The fraction of sp³-hybridized carbons (Fsp3) is 0.900. The number of nitrogens with one attached hydrogen (secondary N) is 1. The number of hydrogen-bond acceptors (Lipinski definition) is 4. The number of rotatable bonds is 6. The van der Waals surface area contributed by atoms with Gasteiger partial charge in [0.2, 0.25) is 5.91 Å². The fourth-order valence-corrected chi connectivity index (χ4v) is 1.43. The lowest BCUT2D eigenvalue weighted by Crippen LogP contribution is -2.47. The van der Waals surface area contributed by atoms with Crippen molar-refractivity contribution in [1.29, 1.82) is 0 Å². The monoisotopic (exact) mass is 216 g/mol. The molecule has 0 spiro atoms. The van der Waals surface area contributed by atoms with Crippen LogP contribution in [0.25, 0.3) is 0 Å². The van der Waals surface area contributed by atoms with Gasteiger partial charge in [0.1, 0.15) is 6.61 Å². The third-order valence-corrected chi connectivity index (χ3v) is 2.27. The zero-order chi connectivity index (χ0) is 10.9. The number of hydrogen-bond donors (Lipinski definition) is 1. The van der Waals surface area contributed by atoms with Crippen molar-refractivity contribution in [1.82, 2.24) is 10.2 Å². The SMILES string of the molecule is CCOCCOCC(=O)N1CCNCC1. The molecule has 1 rings (SSSR count). The normalized spacial score (nSPS) is 16.7. The summed E-state index contributed by atoms with van der Waals surface area (Å²) in [7, 11) is 0. The number of ether oxygens (including phenoxy) is 2. The van der Waals surface area contributed by atoms with Gasteiger partial charge in [-0.05, 0) is 6.92 Å². The molecular weight excluding hydrogens is 196 g/mol. The van der Waals surface area contributed by atoms with E-state index in [2.05, 4.69) is 5.32 Å². The summed E-state index contributed by atoms with van der Waals surface area (Å²) in [5, 5.41) is 3.20. The Balaban J connectivity index is 2.02. The molecule has 5 heteroatoms. The minimum atomic E-state index is 0.0769. The van der Waals surface area contributed by atoms with E-state index in [9.17, 15) is 4.79 Å². The molecule has 0 aromatic rings. The lowest BCUT2D eigenvalue weighted by molar-refractivity contribution is -0.137. The molecule has 1 saturated heterocycles. The maximum atomic E-state index is 11.6. The maximum Gasteiger partial charge on any atom is 0.248 e. The number of carbonyl (C=O) groups excluding carboxylic acids is 1. The number of nitrogens with zero attached hydrogens (tertiary/aromatic N) is 1. The molecule has 0 unspecified atom stereocenters. The van der Waals surface area contributed by atoms with Crippen LogP contribution in [0.2, 0.25) is 0 Å². The van der Waals surface area contributed by atoms with Gasteiger partial charge in [0, 0.05) is 32.8 Å². The summed E-state index contributed by atoms with van der Waals surface area (Å²) in [6.07, 6.45) is 0. The zero-order valence-corrected chi connectivity index (χ0v) is 9.33. The van der Waals surface area contributed by atoms with Gasteiger partial charge in [-0.25, -0.2) is 0 Å². The maximum absolute atomic E-state index is 11.6. The molecule has 0 radical (unpaired) electrons. The Bertz CT molecular complexity index is 182. The second kappa shape index (κ2) is 7.62. The second-order valence-electron chi connectivity index (χ2n) is 3.38.